The maximum absolute atomic E-state index is 12.8. The van der Waals surface area contributed by atoms with Crippen LogP contribution in [-0.2, 0) is 6.18 Å². The van der Waals surface area contributed by atoms with Crippen LogP contribution in [0.1, 0.15) is 5.69 Å². The quantitative estimate of drug-likeness (QED) is 0.800. The van der Waals surface area contributed by atoms with Gasteiger partial charge in [0, 0.05) is 26.2 Å². The number of nitrogens with zero attached hydrogens (tertiary/aromatic N) is 6. The normalized spacial score (nSPS) is 15.4. The van der Waals surface area contributed by atoms with Gasteiger partial charge in [-0.3, -0.25) is 0 Å². The van der Waals surface area contributed by atoms with Gasteiger partial charge in [0.15, 0.2) is 5.82 Å². The molecule has 10 heteroatoms. The SMILES string of the molecule is CN(c1ncc(F)cn1)C1CN(c2cc(C(F)(F)F)ncn2)C1. The zero-order valence-corrected chi connectivity index (χ0v) is 12.0. The van der Waals surface area contributed by atoms with E-state index in [1.807, 2.05) is 0 Å². The molecule has 0 N–H and O–H groups in total. The molecule has 0 bridgehead atoms. The second kappa shape index (κ2) is 5.60. The average Bonchev–Trinajstić information content (AvgIpc) is 2.46. The first kappa shape index (κ1) is 15.4. The summed E-state index contributed by atoms with van der Waals surface area (Å²) in [5.74, 6) is 0.0461. The number of hydrogen-bond donors (Lipinski definition) is 0. The molecule has 0 saturated carbocycles. The van der Waals surface area contributed by atoms with Crippen molar-refractivity contribution in [1.29, 1.82) is 0 Å². The highest BCUT2D eigenvalue weighted by Gasteiger charge is 2.36. The first-order valence-corrected chi connectivity index (χ1v) is 6.69. The molecule has 1 saturated heterocycles. The van der Waals surface area contributed by atoms with E-state index in [-0.39, 0.29) is 11.9 Å². The number of anilines is 2. The van der Waals surface area contributed by atoms with Gasteiger partial charge in [0.25, 0.3) is 0 Å². The van der Waals surface area contributed by atoms with Crippen LogP contribution in [0.2, 0.25) is 0 Å². The van der Waals surface area contributed by atoms with E-state index in [4.69, 9.17) is 0 Å². The van der Waals surface area contributed by atoms with E-state index in [1.54, 1.807) is 16.8 Å². The molecule has 0 aliphatic carbocycles. The Morgan fingerprint density at radius 1 is 1.13 bits per heavy atom. The second-order valence-electron chi connectivity index (χ2n) is 5.13. The number of halogens is 4. The standard InChI is InChI=1S/C13H12F4N6/c1-22(12-18-3-8(14)4-19-12)9-5-23(6-9)11-2-10(13(15,16)17)20-7-21-11/h2-4,7,9H,5-6H2,1H3. The topological polar surface area (TPSA) is 58.0 Å². The fourth-order valence-electron chi connectivity index (χ4n) is 2.21. The minimum atomic E-state index is -4.50. The lowest BCUT2D eigenvalue weighted by molar-refractivity contribution is -0.141. The molecule has 6 nitrogen and oxygen atoms in total. The van der Waals surface area contributed by atoms with Crippen molar-refractivity contribution < 1.29 is 17.6 Å². The van der Waals surface area contributed by atoms with Crippen LogP contribution < -0.4 is 9.80 Å². The number of likely N-dealkylation sites (N-methyl/N-ethyl adjacent to an activating group) is 1. The summed E-state index contributed by atoms with van der Waals surface area (Å²) in [5, 5.41) is 0. The van der Waals surface area contributed by atoms with Crippen molar-refractivity contribution in [2.45, 2.75) is 12.2 Å². The first-order chi connectivity index (χ1) is 10.8. The van der Waals surface area contributed by atoms with Gasteiger partial charge in [0.05, 0.1) is 18.4 Å². The summed E-state index contributed by atoms with van der Waals surface area (Å²) in [6, 6.07) is 0.926. The summed E-state index contributed by atoms with van der Waals surface area (Å²) >= 11 is 0. The van der Waals surface area contributed by atoms with Crippen molar-refractivity contribution in [3.8, 4) is 0 Å². The van der Waals surface area contributed by atoms with E-state index in [9.17, 15) is 17.6 Å². The van der Waals surface area contributed by atoms with E-state index in [1.165, 1.54) is 0 Å². The molecule has 3 heterocycles. The van der Waals surface area contributed by atoms with Crippen molar-refractivity contribution in [1.82, 2.24) is 19.9 Å². The molecule has 3 rings (SSSR count). The van der Waals surface area contributed by atoms with Gasteiger partial charge in [-0.2, -0.15) is 13.2 Å². The van der Waals surface area contributed by atoms with Gasteiger partial charge in [-0.25, -0.2) is 24.3 Å². The van der Waals surface area contributed by atoms with Crippen LogP contribution in [0.3, 0.4) is 0 Å². The van der Waals surface area contributed by atoms with Gasteiger partial charge in [-0.1, -0.05) is 0 Å². The van der Waals surface area contributed by atoms with Crippen LogP contribution in [0.5, 0.6) is 0 Å². The van der Waals surface area contributed by atoms with Gasteiger partial charge >= 0.3 is 6.18 Å². The molecule has 23 heavy (non-hydrogen) atoms. The van der Waals surface area contributed by atoms with Crippen LogP contribution in [0.15, 0.2) is 24.8 Å². The Morgan fingerprint density at radius 2 is 1.78 bits per heavy atom. The molecule has 0 spiro atoms. The summed E-state index contributed by atoms with van der Waals surface area (Å²) in [6.45, 7) is 0.928. The number of aromatic nitrogens is 4. The predicted octanol–water partition coefficient (Wildman–Crippen LogP) is 1.75. The minimum Gasteiger partial charge on any atom is -0.352 e. The Morgan fingerprint density at radius 3 is 2.39 bits per heavy atom. The van der Waals surface area contributed by atoms with Crippen molar-refractivity contribution >= 4 is 11.8 Å². The molecule has 0 unspecified atom stereocenters. The lowest BCUT2D eigenvalue weighted by atomic mass is 10.1. The summed E-state index contributed by atoms with van der Waals surface area (Å²) in [5.41, 5.74) is -0.971. The Labute approximate surface area is 128 Å². The van der Waals surface area contributed by atoms with E-state index in [0.717, 1.165) is 24.8 Å². The summed E-state index contributed by atoms with van der Waals surface area (Å²) in [7, 11) is 1.75. The van der Waals surface area contributed by atoms with E-state index in [2.05, 4.69) is 19.9 Å². The van der Waals surface area contributed by atoms with Crippen LogP contribution in [0.25, 0.3) is 0 Å². The van der Waals surface area contributed by atoms with E-state index < -0.39 is 17.7 Å². The van der Waals surface area contributed by atoms with Crippen LogP contribution in [0, 0.1) is 5.82 Å². The predicted molar refractivity (Wildman–Crippen MR) is 73.4 cm³/mol. The van der Waals surface area contributed by atoms with Crippen molar-refractivity contribution in [2.75, 3.05) is 29.9 Å². The largest absolute Gasteiger partial charge is 0.433 e. The van der Waals surface area contributed by atoms with Crippen molar-refractivity contribution in [3.05, 3.63) is 36.3 Å². The molecule has 0 aromatic carbocycles. The van der Waals surface area contributed by atoms with Gasteiger partial charge < -0.3 is 9.80 Å². The third-order valence-electron chi connectivity index (χ3n) is 3.60. The molecule has 122 valence electrons. The molecule has 1 aliphatic rings. The van der Waals surface area contributed by atoms with Crippen LogP contribution in [-0.4, -0.2) is 46.1 Å². The molecule has 2 aromatic heterocycles. The Kier molecular flexibility index (Phi) is 3.74. The van der Waals surface area contributed by atoms with Crippen molar-refractivity contribution in [2.24, 2.45) is 0 Å². The van der Waals surface area contributed by atoms with E-state index in [0.29, 0.717) is 19.0 Å². The number of alkyl halides is 3. The molecule has 0 amide bonds. The highest BCUT2D eigenvalue weighted by molar-refractivity contribution is 5.46. The molecular formula is C13H12F4N6. The third-order valence-corrected chi connectivity index (χ3v) is 3.60. The van der Waals surface area contributed by atoms with Crippen LogP contribution in [0.4, 0.5) is 29.3 Å². The Balaban J connectivity index is 1.66. The van der Waals surface area contributed by atoms with Gasteiger partial charge in [-0.05, 0) is 0 Å². The van der Waals surface area contributed by atoms with Crippen molar-refractivity contribution in [3.63, 3.8) is 0 Å². The van der Waals surface area contributed by atoms with E-state index >= 15 is 0 Å². The molecule has 1 fully saturated rings. The van der Waals surface area contributed by atoms with Crippen LogP contribution >= 0.6 is 0 Å². The molecule has 1 aliphatic heterocycles. The highest BCUT2D eigenvalue weighted by Crippen LogP contribution is 2.30. The lowest BCUT2D eigenvalue weighted by Gasteiger charge is -2.44. The molecular weight excluding hydrogens is 316 g/mol. The molecule has 2 aromatic rings. The minimum absolute atomic E-state index is 0.00441. The zero-order valence-electron chi connectivity index (χ0n) is 12.0. The molecule has 0 atom stereocenters. The fraction of sp³-hybridized carbons (Fsp3) is 0.385. The second-order valence-corrected chi connectivity index (χ2v) is 5.13. The van der Waals surface area contributed by atoms with Gasteiger partial charge in [0.1, 0.15) is 17.8 Å². The lowest BCUT2D eigenvalue weighted by Crippen LogP contribution is -2.59. The summed E-state index contributed by atoms with van der Waals surface area (Å²) in [4.78, 5) is 18.3. The van der Waals surface area contributed by atoms with Gasteiger partial charge in [-0.15, -0.1) is 0 Å². The maximum atomic E-state index is 12.8. The Bertz CT molecular complexity index is 684. The highest BCUT2D eigenvalue weighted by atomic mass is 19.4. The summed E-state index contributed by atoms with van der Waals surface area (Å²) in [6.07, 6.45) is -1.47. The fourth-order valence-corrected chi connectivity index (χ4v) is 2.21. The summed E-state index contributed by atoms with van der Waals surface area (Å²) < 4.78 is 50.8. The van der Waals surface area contributed by atoms with Gasteiger partial charge in [0.2, 0.25) is 5.95 Å². The smallest absolute Gasteiger partial charge is 0.352 e. The first-order valence-electron chi connectivity index (χ1n) is 6.69. The Hall–Kier alpha value is -2.52. The maximum Gasteiger partial charge on any atom is 0.433 e. The number of hydrogen-bond acceptors (Lipinski definition) is 6. The average molecular weight is 328 g/mol. The zero-order chi connectivity index (χ0) is 16.6. The third kappa shape index (κ3) is 3.15. The molecule has 0 radical (unpaired) electrons. The number of rotatable bonds is 3. The monoisotopic (exact) mass is 328 g/mol.